The third kappa shape index (κ3) is 8.96. The van der Waals surface area contributed by atoms with Gasteiger partial charge in [0.2, 0.25) is 0 Å². The van der Waals surface area contributed by atoms with Gasteiger partial charge in [0.1, 0.15) is 5.82 Å². The molecule has 0 radical (unpaired) electrons. The van der Waals surface area contributed by atoms with Crippen molar-refractivity contribution in [1.29, 1.82) is 0 Å². The number of benzene rings is 1. The maximum absolute atomic E-state index is 13.8. The van der Waals surface area contributed by atoms with Crippen LogP contribution in [0.4, 0.5) is 4.39 Å². The minimum absolute atomic E-state index is 0. The highest BCUT2D eigenvalue weighted by molar-refractivity contribution is 14.0. The number of halogens is 3. The first-order valence-corrected chi connectivity index (χ1v) is 9.74. The van der Waals surface area contributed by atoms with E-state index in [1.54, 1.807) is 6.07 Å². The number of hydrogen-bond acceptors (Lipinski definition) is 3. The van der Waals surface area contributed by atoms with Gasteiger partial charge in [-0.15, -0.1) is 24.0 Å². The lowest BCUT2D eigenvalue weighted by Crippen LogP contribution is -2.39. The van der Waals surface area contributed by atoms with E-state index < -0.39 is 0 Å². The van der Waals surface area contributed by atoms with Gasteiger partial charge in [-0.2, -0.15) is 0 Å². The number of hydrogen-bond donors (Lipinski definition) is 2. The van der Waals surface area contributed by atoms with Crippen molar-refractivity contribution >= 4 is 45.9 Å². The second-order valence-corrected chi connectivity index (χ2v) is 6.90. The van der Waals surface area contributed by atoms with Crippen LogP contribution in [0.25, 0.3) is 0 Å². The maximum Gasteiger partial charge on any atom is 0.191 e. The summed E-state index contributed by atoms with van der Waals surface area (Å²) in [6.07, 6.45) is 1.64. The quantitative estimate of drug-likeness (QED) is 0.229. The number of rotatable bonds is 8. The highest BCUT2D eigenvalue weighted by Crippen LogP contribution is 2.15. The topological polar surface area (TPSA) is 48.9 Å². The summed E-state index contributed by atoms with van der Waals surface area (Å²) >= 11 is 3.38. The van der Waals surface area contributed by atoms with Crippen LogP contribution in [0.2, 0.25) is 0 Å². The summed E-state index contributed by atoms with van der Waals surface area (Å²) in [6, 6.07) is 5.03. The Morgan fingerprint density at radius 1 is 1.31 bits per heavy atom. The zero-order chi connectivity index (χ0) is 17.9. The molecule has 8 heteroatoms. The summed E-state index contributed by atoms with van der Waals surface area (Å²) in [6.45, 7) is 9.01. The maximum atomic E-state index is 13.8. The molecule has 0 unspecified atom stereocenters. The summed E-state index contributed by atoms with van der Waals surface area (Å²) in [7, 11) is 0. The lowest BCUT2D eigenvalue weighted by atomic mass is 10.1. The molecule has 2 rings (SSSR count). The van der Waals surface area contributed by atoms with Gasteiger partial charge in [0.15, 0.2) is 5.96 Å². The van der Waals surface area contributed by atoms with Gasteiger partial charge in [-0.05, 0) is 43.5 Å². The van der Waals surface area contributed by atoms with E-state index in [0.717, 1.165) is 62.8 Å². The predicted octanol–water partition coefficient (Wildman–Crippen LogP) is 3.03. The van der Waals surface area contributed by atoms with Gasteiger partial charge < -0.3 is 15.4 Å². The molecule has 1 aliphatic heterocycles. The largest absolute Gasteiger partial charge is 0.379 e. The predicted molar refractivity (Wildman–Crippen MR) is 119 cm³/mol. The van der Waals surface area contributed by atoms with E-state index in [-0.39, 0.29) is 29.8 Å². The van der Waals surface area contributed by atoms with E-state index in [9.17, 15) is 4.39 Å². The molecule has 1 aromatic carbocycles. The number of nitrogens with one attached hydrogen (secondary N) is 2. The SMILES string of the molecule is CCNC(=NCCCN1CCOCC1)NCCc1cc(Br)ccc1F.I. The standard InChI is InChI=1S/C18H28BrFN4O.HI/c1-2-21-18(22-7-3-9-24-10-12-25-13-11-24)23-8-6-15-14-16(19)4-5-17(15)20;/h4-5,14H,2-3,6-13H2,1H3,(H2,21,22,23);1H. The average molecular weight is 543 g/mol. The lowest BCUT2D eigenvalue weighted by Gasteiger charge is -2.26. The molecule has 148 valence electrons. The number of morpholine rings is 1. The molecule has 0 saturated carbocycles. The van der Waals surface area contributed by atoms with Crippen LogP contribution in [0.5, 0.6) is 0 Å². The highest BCUT2D eigenvalue weighted by atomic mass is 127. The van der Waals surface area contributed by atoms with Crippen molar-refractivity contribution in [2.75, 3.05) is 52.5 Å². The Labute approximate surface area is 181 Å². The van der Waals surface area contributed by atoms with Crippen molar-refractivity contribution < 1.29 is 9.13 Å². The molecule has 1 heterocycles. The monoisotopic (exact) mass is 542 g/mol. The normalized spacial score (nSPS) is 15.4. The van der Waals surface area contributed by atoms with E-state index in [4.69, 9.17) is 4.74 Å². The molecule has 1 aromatic rings. The van der Waals surface area contributed by atoms with Crippen LogP contribution in [0, 0.1) is 5.82 Å². The van der Waals surface area contributed by atoms with Crippen LogP contribution in [-0.4, -0.2) is 63.3 Å². The molecule has 1 saturated heterocycles. The summed E-state index contributed by atoms with van der Waals surface area (Å²) in [5, 5.41) is 6.51. The molecule has 0 atom stereocenters. The molecule has 0 aliphatic carbocycles. The van der Waals surface area contributed by atoms with Crippen molar-refractivity contribution in [3.8, 4) is 0 Å². The van der Waals surface area contributed by atoms with Crippen LogP contribution in [0.3, 0.4) is 0 Å². The van der Waals surface area contributed by atoms with Crippen LogP contribution in [-0.2, 0) is 11.2 Å². The van der Waals surface area contributed by atoms with Gasteiger partial charge in [-0.25, -0.2) is 4.39 Å². The number of nitrogens with zero attached hydrogens (tertiary/aromatic N) is 2. The number of ether oxygens (including phenoxy) is 1. The summed E-state index contributed by atoms with van der Waals surface area (Å²) < 4.78 is 20.0. The van der Waals surface area contributed by atoms with Gasteiger partial charge in [0.25, 0.3) is 0 Å². The zero-order valence-electron chi connectivity index (χ0n) is 15.3. The molecule has 0 bridgehead atoms. The summed E-state index contributed by atoms with van der Waals surface area (Å²) in [5.74, 6) is 0.623. The van der Waals surface area contributed by atoms with Gasteiger partial charge in [0, 0.05) is 43.7 Å². The molecule has 2 N–H and O–H groups in total. The first-order chi connectivity index (χ1) is 12.2. The summed E-state index contributed by atoms with van der Waals surface area (Å²) in [4.78, 5) is 7.01. The highest BCUT2D eigenvalue weighted by Gasteiger charge is 2.09. The Balaban J connectivity index is 0.00000338. The lowest BCUT2D eigenvalue weighted by molar-refractivity contribution is 0.0377. The fraction of sp³-hybridized carbons (Fsp3) is 0.611. The van der Waals surface area contributed by atoms with E-state index >= 15 is 0 Å². The Hall–Kier alpha value is -0.450. The zero-order valence-corrected chi connectivity index (χ0v) is 19.2. The molecular weight excluding hydrogens is 514 g/mol. The molecule has 0 spiro atoms. The van der Waals surface area contributed by atoms with Gasteiger partial charge in [-0.1, -0.05) is 15.9 Å². The van der Waals surface area contributed by atoms with Crippen molar-refractivity contribution in [2.24, 2.45) is 4.99 Å². The van der Waals surface area contributed by atoms with E-state index in [0.29, 0.717) is 18.5 Å². The molecule has 26 heavy (non-hydrogen) atoms. The first-order valence-electron chi connectivity index (χ1n) is 8.95. The smallest absolute Gasteiger partial charge is 0.191 e. The second-order valence-electron chi connectivity index (χ2n) is 5.98. The fourth-order valence-electron chi connectivity index (χ4n) is 2.70. The Morgan fingerprint density at radius 2 is 2.08 bits per heavy atom. The minimum atomic E-state index is -0.169. The van der Waals surface area contributed by atoms with Crippen molar-refractivity contribution in [1.82, 2.24) is 15.5 Å². The Bertz CT molecular complexity index is 556. The van der Waals surface area contributed by atoms with Crippen LogP contribution in [0.1, 0.15) is 18.9 Å². The third-order valence-electron chi connectivity index (χ3n) is 4.04. The van der Waals surface area contributed by atoms with E-state index in [1.165, 1.54) is 6.07 Å². The molecule has 1 aliphatic rings. The molecule has 1 fully saturated rings. The average Bonchev–Trinajstić information content (AvgIpc) is 2.62. The van der Waals surface area contributed by atoms with E-state index in [2.05, 4.69) is 36.5 Å². The van der Waals surface area contributed by atoms with Crippen LogP contribution >= 0.6 is 39.9 Å². The van der Waals surface area contributed by atoms with Crippen LogP contribution < -0.4 is 10.6 Å². The van der Waals surface area contributed by atoms with Crippen molar-refractivity contribution in [2.45, 2.75) is 19.8 Å². The Morgan fingerprint density at radius 3 is 2.81 bits per heavy atom. The number of guanidine groups is 1. The van der Waals surface area contributed by atoms with Gasteiger partial charge >= 0.3 is 0 Å². The summed E-state index contributed by atoms with van der Waals surface area (Å²) in [5.41, 5.74) is 0.699. The number of aliphatic imine (C=N–C) groups is 1. The molecule has 5 nitrogen and oxygen atoms in total. The molecular formula is C18H29BrFIN4O. The molecule has 0 aromatic heterocycles. The minimum Gasteiger partial charge on any atom is -0.379 e. The van der Waals surface area contributed by atoms with Gasteiger partial charge in [0.05, 0.1) is 13.2 Å². The van der Waals surface area contributed by atoms with Gasteiger partial charge in [-0.3, -0.25) is 9.89 Å². The Kier molecular flexibility index (Phi) is 12.4. The van der Waals surface area contributed by atoms with E-state index in [1.807, 2.05) is 13.0 Å². The van der Waals surface area contributed by atoms with Crippen LogP contribution in [0.15, 0.2) is 27.7 Å². The van der Waals surface area contributed by atoms with Crippen molar-refractivity contribution in [3.63, 3.8) is 0 Å². The second kappa shape index (κ2) is 13.7. The van der Waals surface area contributed by atoms with Crippen molar-refractivity contribution in [3.05, 3.63) is 34.1 Å². The molecule has 0 amide bonds. The fourth-order valence-corrected chi connectivity index (χ4v) is 3.11. The third-order valence-corrected chi connectivity index (χ3v) is 4.54. The first kappa shape index (κ1) is 23.6.